The summed E-state index contributed by atoms with van der Waals surface area (Å²) in [6, 6.07) is 0. The van der Waals surface area contributed by atoms with Gasteiger partial charge in [-0.3, -0.25) is 4.79 Å². The van der Waals surface area contributed by atoms with Crippen LogP contribution in [0.15, 0.2) is 0 Å². The first-order chi connectivity index (χ1) is 6.22. The number of esters is 1. The van der Waals surface area contributed by atoms with Crippen LogP contribution in [0.25, 0.3) is 0 Å². The maximum atomic E-state index is 11.2. The van der Waals surface area contributed by atoms with Crippen LogP contribution in [0.1, 0.15) is 0 Å². The third kappa shape index (κ3) is 1.27. The van der Waals surface area contributed by atoms with E-state index in [0.717, 1.165) is 0 Å². The summed E-state index contributed by atoms with van der Waals surface area (Å²) in [6.45, 7) is 0.281. The first kappa shape index (κ1) is 8.46. The summed E-state index contributed by atoms with van der Waals surface area (Å²) in [5.74, 6) is -0.909. The van der Waals surface area contributed by atoms with Crippen molar-refractivity contribution >= 4 is 11.9 Å². The van der Waals surface area contributed by atoms with Gasteiger partial charge in [-0.15, -0.1) is 0 Å². The predicted molar refractivity (Wildman–Crippen MR) is 38.6 cm³/mol. The Labute approximate surface area is 74.1 Å². The number of carbonyl (C=O) groups excluding carboxylic acids is 2. The minimum Gasteiger partial charge on any atom is -0.467 e. The Hall–Kier alpha value is -1.14. The number of ether oxygens (including phenoxy) is 3. The molecule has 13 heavy (non-hydrogen) atoms. The van der Waals surface area contributed by atoms with E-state index in [0.29, 0.717) is 0 Å². The lowest BCUT2D eigenvalue weighted by Crippen LogP contribution is -2.47. The van der Waals surface area contributed by atoms with Gasteiger partial charge >= 0.3 is 5.97 Å². The summed E-state index contributed by atoms with van der Waals surface area (Å²) in [4.78, 5) is 22.3. The van der Waals surface area contributed by atoms with Gasteiger partial charge in [0.15, 0.2) is 18.5 Å². The third-order valence-corrected chi connectivity index (χ3v) is 2.01. The van der Waals surface area contributed by atoms with Crippen LogP contribution in [0.4, 0.5) is 0 Å². The molecular weight excluding hydrogens is 178 g/mol. The molecule has 72 valence electrons. The van der Waals surface area contributed by atoms with Gasteiger partial charge in [-0.1, -0.05) is 0 Å². The van der Waals surface area contributed by atoms with Crippen molar-refractivity contribution in [3.63, 3.8) is 0 Å². The predicted octanol–water partition coefficient (Wildman–Crippen LogP) is -1.60. The number of carbonyl (C=O) groups is 2. The minimum absolute atomic E-state index is 0.281. The van der Waals surface area contributed by atoms with E-state index in [9.17, 15) is 9.59 Å². The lowest BCUT2D eigenvalue weighted by molar-refractivity contribution is -0.153. The Morgan fingerprint density at radius 2 is 2.38 bits per heavy atom. The van der Waals surface area contributed by atoms with Crippen molar-refractivity contribution in [1.82, 2.24) is 5.32 Å². The Morgan fingerprint density at radius 3 is 3.08 bits per heavy atom. The SMILES string of the molecule is COC(=O)[C@@H]1O[C@@H]2CNC(=O)[C@H]1O2. The number of rotatable bonds is 1. The van der Waals surface area contributed by atoms with Crippen molar-refractivity contribution < 1.29 is 23.8 Å². The maximum absolute atomic E-state index is 11.2. The summed E-state index contributed by atoms with van der Waals surface area (Å²) in [6.07, 6.45) is -2.30. The maximum Gasteiger partial charge on any atom is 0.338 e. The first-order valence-electron chi connectivity index (χ1n) is 3.89. The lowest BCUT2D eigenvalue weighted by atomic mass is 10.2. The molecular formula is C7H9NO5. The molecule has 0 saturated carbocycles. The van der Waals surface area contributed by atoms with Gasteiger partial charge < -0.3 is 19.5 Å². The van der Waals surface area contributed by atoms with Gasteiger partial charge in [0.1, 0.15) is 0 Å². The van der Waals surface area contributed by atoms with Crippen LogP contribution in [0, 0.1) is 0 Å². The van der Waals surface area contributed by atoms with Gasteiger partial charge in [-0.05, 0) is 0 Å². The molecule has 6 nitrogen and oxygen atoms in total. The van der Waals surface area contributed by atoms with Crippen molar-refractivity contribution in [2.24, 2.45) is 0 Å². The van der Waals surface area contributed by atoms with E-state index in [4.69, 9.17) is 9.47 Å². The molecule has 1 N–H and O–H groups in total. The molecule has 2 bridgehead atoms. The molecule has 1 amide bonds. The molecule has 2 fully saturated rings. The van der Waals surface area contributed by atoms with E-state index in [2.05, 4.69) is 10.1 Å². The Morgan fingerprint density at radius 1 is 1.62 bits per heavy atom. The Bertz CT molecular complexity index is 253. The molecule has 2 saturated heterocycles. The molecule has 6 heteroatoms. The fraction of sp³-hybridized carbons (Fsp3) is 0.714. The molecule has 0 aromatic heterocycles. The number of hydrogen-bond donors (Lipinski definition) is 1. The highest BCUT2D eigenvalue weighted by molar-refractivity contribution is 5.89. The van der Waals surface area contributed by atoms with Crippen molar-refractivity contribution in [3.05, 3.63) is 0 Å². The van der Waals surface area contributed by atoms with E-state index in [-0.39, 0.29) is 12.5 Å². The molecule has 0 unspecified atom stereocenters. The average molecular weight is 187 g/mol. The highest BCUT2D eigenvalue weighted by atomic mass is 16.7. The minimum atomic E-state index is -0.919. The van der Waals surface area contributed by atoms with Crippen molar-refractivity contribution in [2.45, 2.75) is 18.5 Å². The van der Waals surface area contributed by atoms with E-state index in [1.54, 1.807) is 0 Å². The van der Waals surface area contributed by atoms with Gasteiger partial charge in [-0.25, -0.2) is 4.79 Å². The summed E-state index contributed by atoms with van der Waals surface area (Å²) in [5.41, 5.74) is 0. The number of hydrogen-bond acceptors (Lipinski definition) is 5. The van der Waals surface area contributed by atoms with Crippen LogP contribution >= 0.6 is 0 Å². The molecule has 2 aliphatic rings. The Kier molecular flexibility index (Phi) is 1.93. The largest absolute Gasteiger partial charge is 0.467 e. The monoisotopic (exact) mass is 187 g/mol. The van der Waals surface area contributed by atoms with Gasteiger partial charge in [0.25, 0.3) is 5.91 Å². The van der Waals surface area contributed by atoms with E-state index < -0.39 is 24.5 Å². The molecule has 0 aromatic carbocycles. The summed E-state index contributed by atoms with van der Waals surface area (Å²) in [7, 11) is 1.24. The van der Waals surface area contributed by atoms with Crippen LogP contribution in [-0.4, -0.2) is 44.0 Å². The molecule has 0 radical (unpaired) electrons. The number of nitrogens with one attached hydrogen (secondary N) is 1. The second-order valence-corrected chi connectivity index (χ2v) is 2.81. The van der Waals surface area contributed by atoms with Crippen LogP contribution < -0.4 is 5.32 Å². The number of amides is 1. The molecule has 2 aliphatic heterocycles. The number of fused-ring (bicyclic) bond motifs is 2. The zero-order valence-electron chi connectivity index (χ0n) is 6.98. The number of morpholine rings is 1. The highest BCUT2D eigenvalue weighted by Gasteiger charge is 2.48. The smallest absolute Gasteiger partial charge is 0.338 e. The van der Waals surface area contributed by atoms with Crippen LogP contribution in [0.3, 0.4) is 0 Å². The van der Waals surface area contributed by atoms with Crippen molar-refractivity contribution in [2.75, 3.05) is 13.7 Å². The topological polar surface area (TPSA) is 73.9 Å². The zero-order chi connectivity index (χ0) is 9.42. The lowest BCUT2D eigenvalue weighted by Gasteiger charge is -2.18. The van der Waals surface area contributed by atoms with Gasteiger partial charge in [0.05, 0.1) is 13.7 Å². The standard InChI is InChI=1S/C7H9NO5/c1-11-7(10)5-4-6(9)8-2-3(12-4)13-5/h3-5H,2H2,1H3,(H,8,9)/t3-,4+,5-/m1/s1. The molecule has 0 aliphatic carbocycles. The second-order valence-electron chi connectivity index (χ2n) is 2.81. The fourth-order valence-corrected chi connectivity index (χ4v) is 1.38. The normalized spacial score (nSPS) is 37.0. The Balaban J connectivity index is 2.14. The van der Waals surface area contributed by atoms with E-state index in [1.165, 1.54) is 7.11 Å². The quantitative estimate of drug-likeness (QED) is 0.500. The van der Waals surface area contributed by atoms with E-state index in [1.807, 2.05) is 0 Å². The summed E-state index contributed by atoms with van der Waals surface area (Å²) in [5, 5.41) is 2.56. The van der Waals surface area contributed by atoms with Gasteiger partial charge in [0, 0.05) is 0 Å². The van der Waals surface area contributed by atoms with Gasteiger partial charge in [-0.2, -0.15) is 0 Å². The molecule has 3 atom stereocenters. The van der Waals surface area contributed by atoms with Crippen molar-refractivity contribution in [3.8, 4) is 0 Å². The third-order valence-electron chi connectivity index (χ3n) is 2.01. The fourth-order valence-electron chi connectivity index (χ4n) is 1.38. The van der Waals surface area contributed by atoms with Crippen LogP contribution in [0.2, 0.25) is 0 Å². The van der Waals surface area contributed by atoms with Gasteiger partial charge in [0.2, 0.25) is 0 Å². The summed E-state index contributed by atoms with van der Waals surface area (Å²) < 4.78 is 14.7. The molecule has 2 rings (SSSR count). The van der Waals surface area contributed by atoms with Crippen molar-refractivity contribution in [1.29, 1.82) is 0 Å². The first-order valence-corrected chi connectivity index (χ1v) is 3.89. The van der Waals surface area contributed by atoms with Crippen LogP contribution in [0.5, 0.6) is 0 Å². The highest BCUT2D eigenvalue weighted by Crippen LogP contribution is 2.23. The summed E-state index contributed by atoms with van der Waals surface area (Å²) >= 11 is 0. The molecule has 2 heterocycles. The molecule has 0 spiro atoms. The number of methoxy groups -OCH3 is 1. The zero-order valence-corrected chi connectivity index (χ0v) is 6.98. The average Bonchev–Trinajstić information content (AvgIpc) is 2.51. The molecule has 0 aromatic rings. The van der Waals surface area contributed by atoms with E-state index >= 15 is 0 Å². The van der Waals surface area contributed by atoms with Crippen LogP contribution in [-0.2, 0) is 23.8 Å². The second kappa shape index (κ2) is 2.97.